The van der Waals surface area contributed by atoms with Crippen LogP contribution in [-0.2, 0) is 9.53 Å². The average molecular weight is 241 g/mol. The molecule has 3 unspecified atom stereocenters. The average Bonchev–Trinajstić information content (AvgIpc) is 2.32. The fourth-order valence-corrected chi connectivity index (χ4v) is 2.76. The predicted octanol–water partition coefficient (Wildman–Crippen LogP) is 2.70. The summed E-state index contributed by atoms with van der Waals surface area (Å²) in [5.41, 5.74) is 0. The molecule has 0 saturated heterocycles. The van der Waals surface area contributed by atoms with Gasteiger partial charge in [-0.25, -0.2) is 0 Å². The lowest BCUT2D eigenvalue weighted by atomic mass is 9.78. The Morgan fingerprint density at radius 3 is 2.53 bits per heavy atom. The molecule has 17 heavy (non-hydrogen) atoms. The molecule has 0 aromatic heterocycles. The van der Waals surface area contributed by atoms with Crippen LogP contribution in [0, 0.1) is 11.8 Å². The Hall–Kier alpha value is -0.570. The maximum atomic E-state index is 11.4. The van der Waals surface area contributed by atoms with Gasteiger partial charge in [-0.15, -0.1) is 0 Å². The van der Waals surface area contributed by atoms with Crippen LogP contribution in [0.1, 0.15) is 46.5 Å². The fourth-order valence-electron chi connectivity index (χ4n) is 2.76. The molecule has 0 aliphatic heterocycles. The number of carbonyl (C=O) groups excluding carboxylic acids is 1. The SMILES string of the molecule is CCCN(CC(=O)OC)C1CCC(C)C(C)C1. The van der Waals surface area contributed by atoms with Gasteiger partial charge < -0.3 is 4.74 Å². The molecule has 3 nitrogen and oxygen atoms in total. The summed E-state index contributed by atoms with van der Waals surface area (Å²) in [6, 6.07) is 0.570. The Labute approximate surface area is 106 Å². The van der Waals surface area contributed by atoms with Crippen molar-refractivity contribution in [2.75, 3.05) is 20.2 Å². The van der Waals surface area contributed by atoms with Crippen LogP contribution >= 0.6 is 0 Å². The van der Waals surface area contributed by atoms with Gasteiger partial charge in [-0.3, -0.25) is 9.69 Å². The van der Waals surface area contributed by atoms with Crippen molar-refractivity contribution >= 4 is 5.97 Å². The normalized spacial score (nSPS) is 29.4. The predicted molar refractivity (Wildman–Crippen MR) is 69.8 cm³/mol. The molecule has 1 aliphatic rings. The summed E-state index contributed by atoms with van der Waals surface area (Å²) < 4.78 is 4.79. The molecule has 0 amide bonds. The molecule has 0 heterocycles. The molecule has 1 saturated carbocycles. The minimum absolute atomic E-state index is 0.107. The van der Waals surface area contributed by atoms with Gasteiger partial charge in [0.05, 0.1) is 13.7 Å². The van der Waals surface area contributed by atoms with Crippen LogP contribution in [-0.4, -0.2) is 37.1 Å². The highest BCUT2D eigenvalue weighted by atomic mass is 16.5. The van der Waals surface area contributed by atoms with Crippen LogP contribution < -0.4 is 0 Å². The van der Waals surface area contributed by atoms with Gasteiger partial charge in [0, 0.05) is 6.04 Å². The van der Waals surface area contributed by atoms with E-state index in [2.05, 4.69) is 25.7 Å². The van der Waals surface area contributed by atoms with E-state index in [0.29, 0.717) is 12.6 Å². The number of nitrogens with zero attached hydrogens (tertiary/aromatic N) is 1. The molecule has 0 aromatic carbocycles. The van der Waals surface area contributed by atoms with Crippen molar-refractivity contribution in [2.24, 2.45) is 11.8 Å². The summed E-state index contributed by atoms with van der Waals surface area (Å²) in [6.07, 6.45) is 4.82. The first-order valence-corrected chi connectivity index (χ1v) is 6.89. The van der Waals surface area contributed by atoms with Gasteiger partial charge in [-0.1, -0.05) is 20.8 Å². The second-order valence-electron chi connectivity index (χ2n) is 5.47. The molecule has 0 aromatic rings. The van der Waals surface area contributed by atoms with E-state index in [1.165, 1.54) is 26.4 Å². The Morgan fingerprint density at radius 2 is 2.00 bits per heavy atom. The lowest BCUT2D eigenvalue weighted by Crippen LogP contribution is -2.43. The molecule has 0 bridgehead atoms. The summed E-state index contributed by atoms with van der Waals surface area (Å²) in [5, 5.41) is 0. The highest BCUT2D eigenvalue weighted by Gasteiger charge is 2.29. The number of hydrogen-bond acceptors (Lipinski definition) is 3. The number of methoxy groups -OCH3 is 1. The maximum absolute atomic E-state index is 11.4. The van der Waals surface area contributed by atoms with Gasteiger partial charge in [-0.2, -0.15) is 0 Å². The van der Waals surface area contributed by atoms with E-state index in [4.69, 9.17) is 4.74 Å². The molecular formula is C14H27NO2. The summed E-state index contributed by atoms with van der Waals surface area (Å²) >= 11 is 0. The molecule has 3 heteroatoms. The largest absolute Gasteiger partial charge is 0.468 e. The lowest BCUT2D eigenvalue weighted by molar-refractivity contribution is -0.142. The Kier molecular flexibility index (Phi) is 5.96. The summed E-state index contributed by atoms with van der Waals surface area (Å²) in [5.74, 6) is 1.49. The topological polar surface area (TPSA) is 29.5 Å². The van der Waals surface area contributed by atoms with Gasteiger partial charge in [-0.05, 0) is 44.1 Å². The Balaban J connectivity index is 2.54. The van der Waals surface area contributed by atoms with Gasteiger partial charge in [0.25, 0.3) is 0 Å². The van der Waals surface area contributed by atoms with E-state index >= 15 is 0 Å². The first-order valence-electron chi connectivity index (χ1n) is 6.89. The van der Waals surface area contributed by atoms with Gasteiger partial charge in [0.1, 0.15) is 0 Å². The summed E-state index contributed by atoms with van der Waals surface area (Å²) in [6.45, 7) is 8.29. The Morgan fingerprint density at radius 1 is 1.29 bits per heavy atom. The third-order valence-corrected chi connectivity index (χ3v) is 4.16. The van der Waals surface area contributed by atoms with Gasteiger partial charge in [0.2, 0.25) is 0 Å². The molecular weight excluding hydrogens is 214 g/mol. The third-order valence-electron chi connectivity index (χ3n) is 4.16. The zero-order valence-corrected chi connectivity index (χ0v) is 11.7. The van der Waals surface area contributed by atoms with Crippen molar-refractivity contribution in [3.63, 3.8) is 0 Å². The molecule has 1 aliphatic carbocycles. The maximum Gasteiger partial charge on any atom is 0.319 e. The molecule has 0 N–H and O–H groups in total. The number of ether oxygens (including phenoxy) is 1. The summed E-state index contributed by atoms with van der Waals surface area (Å²) in [4.78, 5) is 13.7. The van der Waals surface area contributed by atoms with E-state index in [1.54, 1.807) is 0 Å². The monoisotopic (exact) mass is 241 g/mol. The van der Waals surface area contributed by atoms with Crippen LogP contribution in [0.15, 0.2) is 0 Å². The number of carbonyl (C=O) groups is 1. The van der Waals surface area contributed by atoms with Crippen molar-refractivity contribution in [1.82, 2.24) is 4.90 Å². The van der Waals surface area contributed by atoms with Crippen molar-refractivity contribution in [3.8, 4) is 0 Å². The van der Waals surface area contributed by atoms with E-state index in [-0.39, 0.29) is 5.97 Å². The number of esters is 1. The molecule has 1 rings (SSSR count). The van der Waals surface area contributed by atoms with Crippen LogP contribution in [0.5, 0.6) is 0 Å². The molecule has 1 fully saturated rings. The van der Waals surface area contributed by atoms with Crippen molar-refractivity contribution < 1.29 is 9.53 Å². The van der Waals surface area contributed by atoms with E-state index in [1.807, 2.05) is 0 Å². The zero-order chi connectivity index (χ0) is 12.8. The highest BCUT2D eigenvalue weighted by molar-refractivity contribution is 5.71. The van der Waals surface area contributed by atoms with E-state index in [0.717, 1.165) is 24.8 Å². The Bertz CT molecular complexity index is 242. The van der Waals surface area contributed by atoms with Crippen molar-refractivity contribution in [3.05, 3.63) is 0 Å². The standard InChI is InChI=1S/C14H27NO2/c1-5-8-15(10-14(16)17-4)13-7-6-11(2)12(3)9-13/h11-13H,5-10H2,1-4H3. The van der Waals surface area contributed by atoms with Crippen LogP contribution in [0.2, 0.25) is 0 Å². The van der Waals surface area contributed by atoms with Crippen LogP contribution in [0.25, 0.3) is 0 Å². The fraction of sp³-hybridized carbons (Fsp3) is 0.929. The molecule has 0 spiro atoms. The van der Waals surface area contributed by atoms with Crippen molar-refractivity contribution in [1.29, 1.82) is 0 Å². The molecule has 3 atom stereocenters. The van der Waals surface area contributed by atoms with Crippen LogP contribution in [0.4, 0.5) is 0 Å². The number of rotatable bonds is 5. The van der Waals surface area contributed by atoms with Gasteiger partial charge >= 0.3 is 5.97 Å². The molecule has 100 valence electrons. The first-order chi connectivity index (χ1) is 8.08. The van der Waals surface area contributed by atoms with E-state index in [9.17, 15) is 4.79 Å². The lowest BCUT2D eigenvalue weighted by Gasteiger charge is -2.38. The highest BCUT2D eigenvalue weighted by Crippen LogP contribution is 2.32. The summed E-state index contributed by atoms with van der Waals surface area (Å²) in [7, 11) is 1.47. The number of hydrogen-bond donors (Lipinski definition) is 0. The van der Waals surface area contributed by atoms with Crippen molar-refractivity contribution in [2.45, 2.75) is 52.5 Å². The third kappa shape index (κ3) is 4.30. The minimum Gasteiger partial charge on any atom is -0.468 e. The molecule has 0 radical (unpaired) electrons. The smallest absolute Gasteiger partial charge is 0.319 e. The zero-order valence-electron chi connectivity index (χ0n) is 11.7. The van der Waals surface area contributed by atoms with Gasteiger partial charge in [0.15, 0.2) is 0 Å². The first kappa shape index (κ1) is 14.5. The quantitative estimate of drug-likeness (QED) is 0.693. The van der Waals surface area contributed by atoms with E-state index < -0.39 is 0 Å². The second-order valence-corrected chi connectivity index (χ2v) is 5.47. The minimum atomic E-state index is -0.107. The second kappa shape index (κ2) is 7.00. The van der Waals surface area contributed by atoms with Crippen LogP contribution in [0.3, 0.4) is 0 Å².